The minimum Gasteiger partial charge on any atom is -0.466 e. The van der Waals surface area contributed by atoms with E-state index in [1.54, 1.807) is 0 Å². The van der Waals surface area contributed by atoms with Crippen LogP contribution >= 0.6 is 0 Å². The second kappa shape index (κ2) is 6.95. The second-order valence-corrected chi connectivity index (χ2v) is 6.17. The highest BCUT2D eigenvalue weighted by Gasteiger charge is 2.39. The Hall–Kier alpha value is -1.84. The third kappa shape index (κ3) is 3.32. The molecule has 1 aromatic rings. The molecule has 0 unspecified atom stereocenters. The van der Waals surface area contributed by atoms with Gasteiger partial charge in [-0.25, -0.2) is 9.79 Å². The molecule has 1 fully saturated rings. The molecule has 1 aromatic carbocycles. The van der Waals surface area contributed by atoms with Crippen LogP contribution in [0.2, 0.25) is 0 Å². The first-order valence-electron chi connectivity index (χ1n) is 8.15. The van der Waals surface area contributed by atoms with Gasteiger partial charge in [-0.3, -0.25) is 0 Å². The zero-order chi connectivity index (χ0) is 15.4. The number of carbonyl (C=O) groups is 1. The van der Waals surface area contributed by atoms with Crippen LogP contribution in [-0.2, 0) is 14.3 Å². The Morgan fingerprint density at radius 3 is 2.64 bits per heavy atom. The lowest BCUT2D eigenvalue weighted by atomic mass is 9.84. The maximum Gasteiger partial charge on any atom is 0.349 e. The fourth-order valence-electron chi connectivity index (χ4n) is 3.43. The van der Waals surface area contributed by atoms with Crippen molar-refractivity contribution in [3.8, 4) is 0 Å². The van der Waals surface area contributed by atoms with Gasteiger partial charge in [0.25, 0.3) is 0 Å². The zero-order valence-electron chi connectivity index (χ0n) is 13.0. The summed E-state index contributed by atoms with van der Waals surface area (Å²) in [5.74, 6) is 0.890. The molecule has 0 saturated heterocycles. The van der Waals surface area contributed by atoms with Gasteiger partial charge in [-0.1, -0.05) is 50.3 Å². The van der Waals surface area contributed by atoms with Crippen molar-refractivity contribution in [2.75, 3.05) is 7.11 Å². The van der Waals surface area contributed by atoms with Gasteiger partial charge in [0.05, 0.1) is 7.11 Å². The first-order valence-corrected chi connectivity index (χ1v) is 8.15. The Kier molecular flexibility index (Phi) is 4.76. The van der Waals surface area contributed by atoms with Gasteiger partial charge in [-0.05, 0) is 24.5 Å². The smallest absolute Gasteiger partial charge is 0.349 e. The first kappa shape index (κ1) is 15.1. The van der Waals surface area contributed by atoms with E-state index in [0.717, 1.165) is 12.0 Å². The summed E-state index contributed by atoms with van der Waals surface area (Å²) in [4.78, 5) is 16.7. The molecule has 4 heteroatoms. The number of hydrogen-bond donors (Lipinski definition) is 0. The molecule has 0 amide bonds. The molecule has 0 N–H and O–H groups in total. The van der Waals surface area contributed by atoms with Crippen molar-refractivity contribution in [3.05, 3.63) is 35.9 Å². The summed E-state index contributed by atoms with van der Waals surface area (Å²) in [6, 6.07) is 9.64. The van der Waals surface area contributed by atoms with E-state index in [0.29, 0.717) is 11.8 Å². The van der Waals surface area contributed by atoms with Crippen LogP contribution in [-0.4, -0.2) is 31.1 Å². The van der Waals surface area contributed by atoms with Crippen LogP contribution in [0.4, 0.5) is 0 Å². The number of esters is 1. The summed E-state index contributed by atoms with van der Waals surface area (Å²) in [5, 5.41) is 0. The van der Waals surface area contributed by atoms with Gasteiger partial charge in [0.1, 0.15) is 6.04 Å². The molecule has 2 atom stereocenters. The first-order chi connectivity index (χ1) is 10.8. The average Bonchev–Trinajstić information content (AvgIpc) is 3.00. The normalized spacial score (nSPS) is 25.4. The minimum absolute atomic E-state index is 0.120. The van der Waals surface area contributed by atoms with Crippen molar-refractivity contribution in [2.24, 2.45) is 10.9 Å². The van der Waals surface area contributed by atoms with Gasteiger partial charge in [0, 0.05) is 5.56 Å². The number of benzene rings is 1. The Morgan fingerprint density at radius 2 is 1.95 bits per heavy atom. The molecule has 118 valence electrons. The highest BCUT2D eigenvalue weighted by molar-refractivity contribution is 5.97. The number of carbonyl (C=O) groups excluding carboxylic acids is 1. The van der Waals surface area contributed by atoms with Crippen LogP contribution in [0.3, 0.4) is 0 Å². The maximum atomic E-state index is 12.0. The molecule has 1 saturated carbocycles. The van der Waals surface area contributed by atoms with Crippen molar-refractivity contribution >= 4 is 11.9 Å². The summed E-state index contributed by atoms with van der Waals surface area (Å²) in [6.07, 6.45) is 6.70. The van der Waals surface area contributed by atoms with Crippen LogP contribution < -0.4 is 0 Å². The SMILES string of the molecule is COC(=O)[C@@H]1OC(c2ccccc2)=N[C@H]1CC1CCCCC1. The van der Waals surface area contributed by atoms with E-state index in [1.165, 1.54) is 39.2 Å². The molecule has 2 aliphatic rings. The highest BCUT2D eigenvalue weighted by Crippen LogP contribution is 2.32. The topological polar surface area (TPSA) is 47.9 Å². The number of nitrogens with zero attached hydrogens (tertiary/aromatic N) is 1. The van der Waals surface area contributed by atoms with Crippen LogP contribution in [0, 0.1) is 5.92 Å². The van der Waals surface area contributed by atoms with Gasteiger partial charge in [0.15, 0.2) is 0 Å². The van der Waals surface area contributed by atoms with Gasteiger partial charge >= 0.3 is 5.97 Å². The Labute approximate surface area is 131 Å². The lowest BCUT2D eigenvalue weighted by molar-refractivity contribution is -0.149. The molecular weight excluding hydrogens is 278 g/mol. The Balaban J connectivity index is 1.76. The van der Waals surface area contributed by atoms with E-state index >= 15 is 0 Å². The predicted molar refractivity (Wildman–Crippen MR) is 84.8 cm³/mol. The van der Waals surface area contributed by atoms with E-state index in [-0.39, 0.29) is 12.0 Å². The van der Waals surface area contributed by atoms with E-state index in [9.17, 15) is 4.79 Å². The van der Waals surface area contributed by atoms with Crippen molar-refractivity contribution < 1.29 is 14.3 Å². The summed E-state index contributed by atoms with van der Waals surface area (Å²) in [7, 11) is 1.41. The van der Waals surface area contributed by atoms with Gasteiger partial charge in [-0.15, -0.1) is 0 Å². The molecule has 1 heterocycles. The second-order valence-electron chi connectivity index (χ2n) is 6.17. The van der Waals surface area contributed by atoms with Gasteiger partial charge < -0.3 is 9.47 Å². The predicted octanol–water partition coefficient (Wildman–Crippen LogP) is 3.34. The standard InChI is InChI=1S/C18H23NO3/c1-21-18(20)16-15(12-13-8-4-2-5-9-13)19-17(22-16)14-10-6-3-7-11-14/h3,6-7,10-11,13,15-16H,2,4-5,8-9,12H2,1H3/t15-,16+/m0/s1. The molecule has 0 radical (unpaired) electrons. The monoisotopic (exact) mass is 301 g/mol. The number of ether oxygens (including phenoxy) is 2. The molecule has 0 bridgehead atoms. The molecule has 3 rings (SSSR count). The lowest BCUT2D eigenvalue weighted by Gasteiger charge is -2.24. The molecule has 1 aliphatic carbocycles. The van der Waals surface area contributed by atoms with Gasteiger partial charge in [0.2, 0.25) is 12.0 Å². The third-order valence-corrected chi connectivity index (χ3v) is 4.62. The summed E-state index contributed by atoms with van der Waals surface area (Å²) >= 11 is 0. The van der Waals surface area contributed by atoms with Crippen molar-refractivity contribution in [3.63, 3.8) is 0 Å². The van der Waals surface area contributed by atoms with Crippen LogP contribution in [0.5, 0.6) is 0 Å². The number of aliphatic imine (C=N–C) groups is 1. The minimum atomic E-state index is -0.595. The largest absolute Gasteiger partial charge is 0.466 e. The van der Waals surface area contributed by atoms with Crippen LogP contribution in [0.1, 0.15) is 44.1 Å². The Bertz CT molecular complexity index is 535. The molecule has 4 nitrogen and oxygen atoms in total. The van der Waals surface area contributed by atoms with Crippen LogP contribution in [0.15, 0.2) is 35.3 Å². The number of hydrogen-bond acceptors (Lipinski definition) is 4. The zero-order valence-corrected chi connectivity index (χ0v) is 13.0. The molecule has 0 spiro atoms. The Morgan fingerprint density at radius 1 is 1.23 bits per heavy atom. The number of rotatable bonds is 4. The van der Waals surface area contributed by atoms with E-state index in [2.05, 4.69) is 0 Å². The molecule has 0 aromatic heterocycles. The molecular formula is C18H23NO3. The quantitative estimate of drug-likeness (QED) is 0.801. The van der Waals surface area contributed by atoms with Crippen molar-refractivity contribution in [1.29, 1.82) is 0 Å². The van der Waals surface area contributed by atoms with Crippen molar-refractivity contribution in [2.45, 2.75) is 50.7 Å². The van der Waals surface area contributed by atoms with Crippen LogP contribution in [0.25, 0.3) is 0 Å². The van der Waals surface area contributed by atoms with E-state index in [4.69, 9.17) is 14.5 Å². The van der Waals surface area contributed by atoms with Crippen molar-refractivity contribution in [1.82, 2.24) is 0 Å². The van der Waals surface area contributed by atoms with E-state index < -0.39 is 6.10 Å². The fourth-order valence-corrected chi connectivity index (χ4v) is 3.43. The summed E-state index contributed by atoms with van der Waals surface area (Å²) in [6.45, 7) is 0. The lowest BCUT2D eigenvalue weighted by Crippen LogP contribution is -2.34. The summed E-state index contributed by atoms with van der Waals surface area (Å²) < 4.78 is 10.7. The van der Waals surface area contributed by atoms with Gasteiger partial charge in [-0.2, -0.15) is 0 Å². The number of methoxy groups -OCH3 is 1. The average molecular weight is 301 g/mol. The maximum absolute atomic E-state index is 12.0. The van der Waals surface area contributed by atoms with E-state index in [1.807, 2.05) is 30.3 Å². The molecule has 22 heavy (non-hydrogen) atoms. The molecule has 1 aliphatic heterocycles. The fraction of sp³-hybridized carbons (Fsp3) is 0.556. The third-order valence-electron chi connectivity index (χ3n) is 4.62. The highest BCUT2D eigenvalue weighted by atomic mass is 16.6. The summed E-state index contributed by atoms with van der Waals surface area (Å²) in [5.41, 5.74) is 0.919.